The first kappa shape index (κ1) is 17.5. The van der Waals surface area contributed by atoms with Crippen LogP contribution >= 0.6 is 0 Å². The molecule has 0 saturated heterocycles. The molecule has 0 spiro atoms. The molecule has 1 aliphatic heterocycles. The van der Waals surface area contributed by atoms with Crippen LogP contribution in [0.4, 0.5) is 5.95 Å². The number of rotatable bonds is 6. The van der Waals surface area contributed by atoms with Gasteiger partial charge in [0, 0.05) is 24.4 Å². The Morgan fingerprint density at radius 3 is 2.19 bits per heavy atom. The Hall–Kier alpha value is -3.29. The van der Waals surface area contributed by atoms with E-state index < -0.39 is 0 Å². The van der Waals surface area contributed by atoms with Crippen molar-refractivity contribution in [1.29, 1.82) is 0 Å². The fraction of sp³-hybridized carbons (Fsp3) is 0.278. The Morgan fingerprint density at radius 1 is 1.04 bits per heavy atom. The van der Waals surface area contributed by atoms with Crippen LogP contribution < -0.4 is 10.9 Å². The van der Waals surface area contributed by atoms with E-state index in [2.05, 4.69) is 20.8 Å². The summed E-state index contributed by atoms with van der Waals surface area (Å²) in [5.41, 5.74) is 7.59. The Balaban J connectivity index is 1.47. The smallest absolute Gasteiger partial charge is 0.261 e. The van der Waals surface area contributed by atoms with Crippen LogP contribution in [-0.2, 0) is 4.79 Å². The molecule has 0 atom stereocenters. The van der Waals surface area contributed by atoms with Crippen molar-refractivity contribution >= 4 is 23.7 Å². The highest BCUT2D eigenvalue weighted by atomic mass is 16.2. The molecular formula is C18H19N5O3. The number of fused-ring (bicyclic) bond motifs is 1. The Morgan fingerprint density at radius 2 is 1.62 bits per heavy atom. The van der Waals surface area contributed by atoms with E-state index in [4.69, 9.17) is 0 Å². The van der Waals surface area contributed by atoms with Crippen LogP contribution in [-0.4, -0.2) is 39.1 Å². The zero-order chi connectivity index (χ0) is 18.7. The molecule has 3 amide bonds. The average molecular weight is 353 g/mol. The van der Waals surface area contributed by atoms with Gasteiger partial charge < -0.3 is 0 Å². The minimum Gasteiger partial charge on any atom is -0.274 e. The van der Waals surface area contributed by atoms with Gasteiger partial charge in [-0.05, 0) is 38.5 Å². The summed E-state index contributed by atoms with van der Waals surface area (Å²) >= 11 is 0. The molecule has 0 fully saturated rings. The molecule has 0 radical (unpaired) electrons. The lowest BCUT2D eigenvalue weighted by Crippen LogP contribution is -2.33. The van der Waals surface area contributed by atoms with E-state index in [-0.39, 0.29) is 30.7 Å². The van der Waals surface area contributed by atoms with E-state index >= 15 is 0 Å². The van der Waals surface area contributed by atoms with Crippen molar-refractivity contribution in [2.24, 2.45) is 0 Å². The maximum Gasteiger partial charge on any atom is 0.261 e. The monoisotopic (exact) mass is 353 g/mol. The molecule has 0 bridgehead atoms. The SMILES string of the molecule is Cc1cc(C)nc(NNC(=O)CCCN2C(=O)c3ccccc3C2=O)n1. The number of aromatic nitrogens is 2. The highest BCUT2D eigenvalue weighted by molar-refractivity contribution is 6.21. The standard InChI is InChI=1S/C18H19N5O3/c1-11-10-12(2)20-18(19-11)22-21-15(24)8-5-9-23-16(25)13-6-3-4-7-14(13)17(23)26/h3-4,6-7,10H,5,8-9H2,1-2H3,(H,21,24)(H,19,20,22). The number of hydrazine groups is 1. The third kappa shape index (κ3) is 3.69. The van der Waals surface area contributed by atoms with E-state index in [1.165, 1.54) is 4.90 Å². The quantitative estimate of drug-likeness (QED) is 0.604. The summed E-state index contributed by atoms with van der Waals surface area (Å²) in [6, 6.07) is 8.55. The lowest BCUT2D eigenvalue weighted by atomic mass is 10.1. The molecule has 0 unspecified atom stereocenters. The van der Waals surface area contributed by atoms with Crippen LogP contribution in [0.25, 0.3) is 0 Å². The first-order valence-electron chi connectivity index (χ1n) is 8.28. The maximum atomic E-state index is 12.2. The number of aryl methyl sites for hydroxylation is 2. The summed E-state index contributed by atoms with van der Waals surface area (Å²) in [6.07, 6.45) is 0.526. The number of hydrogen-bond acceptors (Lipinski definition) is 6. The van der Waals surface area contributed by atoms with E-state index in [9.17, 15) is 14.4 Å². The first-order chi connectivity index (χ1) is 12.5. The summed E-state index contributed by atoms with van der Waals surface area (Å²) in [5.74, 6) is -0.582. The van der Waals surface area contributed by atoms with Gasteiger partial charge in [0.2, 0.25) is 11.9 Å². The third-order valence-corrected chi connectivity index (χ3v) is 3.96. The van der Waals surface area contributed by atoms with E-state index in [0.29, 0.717) is 23.5 Å². The molecule has 0 aliphatic carbocycles. The molecular weight excluding hydrogens is 334 g/mol. The van der Waals surface area contributed by atoms with Gasteiger partial charge in [0.15, 0.2) is 0 Å². The van der Waals surface area contributed by atoms with Crippen molar-refractivity contribution in [3.8, 4) is 0 Å². The molecule has 26 heavy (non-hydrogen) atoms. The van der Waals surface area contributed by atoms with Crippen molar-refractivity contribution < 1.29 is 14.4 Å². The zero-order valence-corrected chi connectivity index (χ0v) is 14.6. The molecule has 2 heterocycles. The van der Waals surface area contributed by atoms with Crippen LogP contribution in [0.2, 0.25) is 0 Å². The van der Waals surface area contributed by atoms with E-state index in [1.54, 1.807) is 24.3 Å². The fourth-order valence-electron chi connectivity index (χ4n) is 2.81. The normalized spacial score (nSPS) is 12.9. The predicted molar refractivity (Wildman–Crippen MR) is 94.3 cm³/mol. The lowest BCUT2D eigenvalue weighted by Gasteiger charge is -2.13. The van der Waals surface area contributed by atoms with Gasteiger partial charge in [-0.25, -0.2) is 9.97 Å². The second-order valence-corrected chi connectivity index (χ2v) is 6.06. The van der Waals surface area contributed by atoms with E-state index in [1.807, 2.05) is 19.9 Å². The van der Waals surface area contributed by atoms with Crippen LogP contribution in [0.5, 0.6) is 0 Å². The molecule has 2 N–H and O–H groups in total. The largest absolute Gasteiger partial charge is 0.274 e. The Labute approximate surface area is 150 Å². The van der Waals surface area contributed by atoms with Crippen LogP contribution in [0.1, 0.15) is 44.9 Å². The van der Waals surface area contributed by atoms with Crippen molar-refractivity contribution in [2.45, 2.75) is 26.7 Å². The number of carbonyl (C=O) groups is 3. The lowest BCUT2D eigenvalue weighted by molar-refractivity contribution is -0.120. The van der Waals surface area contributed by atoms with Crippen molar-refractivity contribution in [3.63, 3.8) is 0 Å². The van der Waals surface area contributed by atoms with Gasteiger partial charge in [-0.2, -0.15) is 0 Å². The second-order valence-electron chi connectivity index (χ2n) is 6.06. The van der Waals surface area contributed by atoms with Gasteiger partial charge in [0.1, 0.15) is 0 Å². The van der Waals surface area contributed by atoms with Gasteiger partial charge in [0.25, 0.3) is 11.8 Å². The summed E-state index contributed by atoms with van der Waals surface area (Å²) in [7, 11) is 0. The summed E-state index contributed by atoms with van der Waals surface area (Å²) in [4.78, 5) is 45.9. The van der Waals surface area contributed by atoms with Crippen LogP contribution in [0.15, 0.2) is 30.3 Å². The number of anilines is 1. The van der Waals surface area contributed by atoms with Crippen molar-refractivity contribution in [1.82, 2.24) is 20.3 Å². The number of benzene rings is 1. The second kappa shape index (κ2) is 7.30. The van der Waals surface area contributed by atoms with Gasteiger partial charge in [-0.1, -0.05) is 12.1 Å². The zero-order valence-electron chi connectivity index (χ0n) is 14.6. The highest BCUT2D eigenvalue weighted by Crippen LogP contribution is 2.22. The number of nitrogens with zero attached hydrogens (tertiary/aromatic N) is 3. The van der Waals surface area contributed by atoms with Crippen LogP contribution in [0, 0.1) is 13.8 Å². The van der Waals surface area contributed by atoms with E-state index in [0.717, 1.165) is 11.4 Å². The maximum absolute atomic E-state index is 12.2. The molecule has 1 aliphatic rings. The number of imide groups is 1. The summed E-state index contributed by atoms with van der Waals surface area (Å²) in [5, 5.41) is 0. The molecule has 134 valence electrons. The Kier molecular flexibility index (Phi) is 4.92. The van der Waals surface area contributed by atoms with Crippen molar-refractivity contribution in [2.75, 3.05) is 12.0 Å². The topological polar surface area (TPSA) is 104 Å². The fourth-order valence-corrected chi connectivity index (χ4v) is 2.81. The third-order valence-electron chi connectivity index (χ3n) is 3.96. The minimum atomic E-state index is -0.312. The van der Waals surface area contributed by atoms with Gasteiger partial charge in [-0.3, -0.25) is 30.1 Å². The number of nitrogens with one attached hydrogen (secondary N) is 2. The van der Waals surface area contributed by atoms with Gasteiger partial charge >= 0.3 is 0 Å². The van der Waals surface area contributed by atoms with Crippen molar-refractivity contribution in [3.05, 3.63) is 52.8 Å². The average Bonchev–Trinajstić information content (AvgIpc) is 2.84. The first-order valence-corrected chi connectivity index (χ1v) is 8.28. The molecule has 0 saturated carbocycles. The summed E-state index contributed by atoms with van der Waals surface area (Å²) in [6.45, 7) is 3.87. The molecule has 1 aromatic heterocycles. The number of amides is 3. The number of hydrogen-bond donors (Lipinski definition) is 2. The summed E-state index contributed by atoms with van der Waals surface area (Å²) < 4.78 is 0. The molecule has 8 nitrogen and oxygen atoms in total. The van der Waals surface area contributed by atoms with Crippen LogP contribution in [0.3, 0.4) is 0 Å². The highest BCUT2D eigenvalue weighted by Gasteiger charge is 2.34. The molecule has 3 rings (SSSR count). The molecule has 2 aromatic rings. The molecule has 1 aromatic carbocycles. The predicted octanol–water partition coefficient (Wildman–Crippen LogP) is 1.61. The van der Waals surface area contributed by atoms with Gasteiger partial charge in [0.05, 0.1) is 11.1 Å². The molecule has 8 heteroatoms. The number of carbonyl (C=O) groups excluding carboxylic acids is 3. The van der Waals surface area contributed by atoms with Gasteiger partial charge in [-0.15, -0.1) is 0 Å². The minimum absolute atomic E-state index is 0.158. The Bertz CT molecular complexity index is 826.